The van der Waals surface area contributed by atoms with Gasteiger partial charge in [0, 0.05) is 0 Å². The number of carbonyl (C=O) groups is 1. The molecule has 1 aromatic heterocycles. The second-order valence-corrected chi connectivity index (χ2v) is 6.52. The summed E-state index contributed by atoms with van der Waals surface area (Å²) in [6.07, 6.45) is 2.38. The second-order valence-electron chi connectivity index (χ2n) is 5.49. The number of amides is 1. The summed E-state index contributed by atoms with van der Waals surface area (Å²) in [6, 6.07) is 7.94. The number of para-hydroxylation sites is 1. The van der Waals surface area contributed by atoms with E-state index in [4.69, 9.17) is 0 Å². The van der Waals surface area contributed by atoms with Crippen LogP contribution in [0.25, 0.3) is 10.2 Å². The number of benzene rings is 1. The molecule has 1 saturated heterocycles. The number of rotatable bonds is 3. The molecule has 0 bridgehead atoms. The lowest BCUT2D eigenvalue weighted by Gasteiger charge is -2.29. The Balaban J connectivity index is 1.58. The van der Waals surface area contributed by atoms with Crippen molar-refractivity contribution in [1.29, 1.82) is 0 Å². The fraction of sp³-hybridized carbons (Fsp3) is 0.467. The van der Waals surface area contributed by atoms with E-state index in [1.165, 1.54) is 24.2 Å². The summed E-state index contributed by atoms with van der Waals surface area (Å²) in [5, 5.41) is 3.61. The first-order chi connectivity index (χ1) is 9.70. The Morgan fingerprint density at radius 3 is 2.90 bits per heavy atom. The molecule has 1 amide bonds. The van der Waals surface area contributed by atoms with Crippen LogP contribution in [0.2, 0.25) is 0 Å². The maximum absolute atomic E-state index is 12.1. The summed E-state index contributed by atoms with van der Waals surface area (Å²) in [7, 11) is 0. The summed E-state index contributed by atoms with van der Waals surface area (Å²) >= 11 is 1.53. The Morgan fingerprint density at radius 1 is 1.40 bits per heavy atom. The number of aromatic nitrogens is 1. The molecule has 106 valence electrons. The fourth-order valence-corrected chi connectivity index (χ4v) is 3.39. The van der Waals surface area contributed by atoms with E-state index < -0.39 is 0 Å². The Kier molecular flexibility index (Phi) is 3.98. The normalized spacial score (nSPS) is 17.4. The maximum Gasteiger partial charge on any atom is 0.240 e. The van der Waals surface area contributed by atoms with Gasteiger partial charge in [-0.05, 0) is 44.0 Å². The third-order valence-corrected chi connectivity index (χ3v) is 4.74. The van der Waals surface area contributed by atoms with Crippen molar-refractivity contribution in [3.63, 3.8) is 0 Å². The average molecular weight is 289 g/mol. The molecule has 1 aliphatic heterocycles. The summed E-state index contributed by atoms with van der Waals surface area (Å²) in [4.78, 5) is 18.7. The van der Waals surface area contributed by atoms with Crippen molar-refractivity contribution < 1.29 is 4.79 Å². The molecular weight excluding hydrogens is 270 g/mol. The van der Waals surface area contributed by atoms with E-state index in [0.29, 0.717) is 11.7 Å². The minimum atomic E-state index is 0.0404. The third kappa shape index (κ3) is 3.16. The van der Waals surface area contributed by atoms with Crippen LogP contribution in [0.5, 0.6) is 0 Å². The van der Waals surface area contributed by atoms with Crippen LogP contribution < -0.4 is 5.32 Å². The molecule has 2 heterocycles. The molecule has 0 unspecified atom stereocenters. The monoisotopic (exact) mass is 289 g/mol. The first kappa shape index (κ1) is 13.5. The highest BCUT2D eigenvalue weighted by Crippen LogP contribution is 2.25. The van der Waals surface area contributed by atoms with Gasteiger partial charge in [-0.1, -0.05) is 30.4 Å². The lowest BCUT2D eigenvalue weighted by atomic mass is 9.99. The Morgan fingerprint density at radius 2 is 2.15 bits per heavy atom. The standard InChI is InChI=1S/C15H19N3OS/c1-11-6-8-18(9-7-11)10-14(19)17-15-16-12-4-2-3-5-13(12)20-15/h2-5,11H,6-10H2,1H3,(H,16,17,19). The van der Waals surface area contributed by atoms with E-state index in [1.807, 2.05) is 24.3 Å². The molecule has 1 N–H and O–H groups in total. The predicted octanol–water partition coefficient (Wildman–Crippen LogP) is 2.97. The molecule has 0 atom stereocenters. The molecule has 0 saturated carbocycles. The zero-order chi connectivity index (χ0) is 13.9. The zero-order valence-corrected chi connectivity index (χ0v) is 12.4. The fourth-order valence-electron chi connectivity index (χ4n) is 2.51. The number of nitrogens with one attached hydrogen (secondary N) is 1. The van der Waals surface area contributed by atoms with Crippen molar-refractivity contribution in [2.45, 2.75) is 19.8 Å². The molecule has 5 heteroatoms. The van der Waals surface area contributed by atoms with Crippen LogP contribution in [0.4, 0.5) is 5.13 Å². The van der Waals surface area contributed by atoms with E-state index in [-0.39, 0.29) is 5.91 Å². The number of fused-ring (bicyclic) bond motifs is 1. The molecule has 1 fully saturated rings. The molecule has 1 aromatic carbocycles. The Hall–Kier alpha value is -1.46. The van der Waals surface area contributed by atoms with Gasteiger partial charge in [0.15, 0.2) is 5.13 Å². The molecule has 0 radical (unpaired) electrons. The van der Waals surface area contributed by atoms with Crippen LogP contribution in [0.15, 0.2) is 24.3 Å². The van der Waals surface area contributed by atoms with Crippen molar-refractivity contribution in [1.82, 2.24) is 9.88 Å². The molecule has 4 nitrogen and oxygen atoms in total. The zero-order valence-electron chi connectivity index (χ0n) is 11.6. The summed E-state index contributed by atoms with van der Waals surface area (Å²) < 4.78 is 1.11. The van der Waals surface area contributed by atoms with Gasteiger partial charge in [-0.25, -0.2) is 4.98 Å². The minimum absolute atomic E-state index is 0.0404. The minimum Gasteiger partial charge on any atom is -0.301 e. The smallest absolute Gasteiger partial charge is 0.240 e. The molecule has 0 spiro atoms. The lowest BCUT2D eigenvalue weighted by molar-refractivity contribution is -0.117. The summed E-state index contributed by atoms with van der Waals surface area (Å²) in [5.41, 5.74) is 0.944. The Bertz CT molecular complexity index is 569. The molecule has 3 rings (SSSR count). The van der Waals surface area contributed by atoms with Crippen LogP contribution in [0.1, 0.15) is 19.8 Å². The van der Waals surface area contributed by atoms with Gasteiger partial charge in [-0.2, -0.15) is 0 Å². The van der Waals surface area contributed by atoms with Gasteiger partial charge < -0.3 is 5.32 Å². The number of carbonyl (C=O) groups excluding carboxylic acids is 1. The average Bonchev–Trinajstić information content (AvgIpc) is 2.83. The van der Waals surface area contributed by atoms with Crippen molar-refractivity contribution >= 4 is 32.6 Å². The highest BCUT2D eigenvalue weighted by atomic mass is 32.1. The van der Waals surface area contributed by atoms with Crippen LogP contribution in [0, 0.1) is 5.92 Å². The Labute approximate surface area is 122 Å². The van der Waals surface area contributed by atoms with Crippen molar-refractivity contribution in [3.8, 4) is 0 Å². The van der Waals surface area contributed by atoms with Crippen molar-refractivity contribution in [3.05, 3.63) is 24.3 Å². The van der Waals surface area contributed by atoms with Crippen LogP contribution in [0.3, 0.4) is 0 Å². The first-order valence-corrected chi connectivity index (χ1v) is 7.90. The van der Waals surface area contributed by atoms with E-state index in [9.17, 15) is 4.79 Å². The van der Waals surface area contributed by atoms with Crippen LogP contribution in [-0.4, -0.2) is 35.4 Å². The van der Waals surface area contributed by atoms with Crippen LogP contribution in [-0.2, 0) is 4.79 Å². The number of hydrogen-bond acceptors (Lipinski definition) is 4. The number of anilines is 1. The van der Waals surface area contributed by atoms with E-state index >= 15 is 0 Å². The second kappa shape index (κ2) is 5.89. The molecular formula is C15H19N3OS. The number of nitrogens with zero attached hydrogens (tertiary/aromatic N) is 2. The van der Waals surface area contributed by atoms with Gasteiger partial charge in [-0.15, -0.1) is 0 Å². The van der Waals surface area contributed by atoms with Crippen molar-refractivity contribution in [2.24, 2.45) is 5.92 Å². The van der Waals surface area contributed by atoms with Gasteiger partial charge in [0.25, 0.3) is 0 Å². The first-order valence-electron chi connectivity index (χ1n) is 7.08. The quantitative estimate of drug-likeness (QED) is 0.945. The third-order valence-electron chi connectivity index (χ3n) is 3.78. The number of piperidine rings is 1. The van der Waals surface area contributed by atoms with Crippen molar-refractivity contribution in [2.75, 3.05) is 25.0 Å². The summed E-state index contributed by atoms with van der Waals surface area (Å²) in [5.74, 6) is 0.831. The SMILES string of the molecule is CC1CCN(CC(=O)Nc2nc3ccccc3s2)CC1. The van der Waals surface area contributed by atoms with Gasteiger partial charge in [0.2, 0.25) is 5.91 Å². The van der Waals surface area contributed by atoms with Gasteiger partial charge >= 0.3 is 0 Å². The van der Waals surface area contributed by atoms with E-state index in [1.54, 1.807) is 0 Å². The van der Waals surface area contributed by atoms with Gasteiger partial charge in [-0.3, -0.25) is 9.69 Å². The molecule has 20 heavy (non-hydrogen) atoms. The topological polar surface area (TPSA) is 45.2 Å². The molecule has 0 aliphatic carbocycles. The maximum atomic E-state index is 12.1. The molecule has 1 aliphatic rings. The van der Waals surface area contributed by atoms with Crippen LogP contribution >= 0.6 is 11.3 Å². The van der Waals surface area contributed by atoms with Gasteiger partial charge in [0.1, 0.15) is 0 Å². The van der Waals surface area contributed by atoms with E-state index in [2.05, 4.69) is 22.1 Å². The number of thiazole rings is 1. The largest absolute Gasteiger partial charge is 0.301 e. The molecule has 2 aromatic rings. The lowest BCUT2D eigenvalue weighted by Crippen LogP contribution is -2.38. The summed E-state index contributed by atoms with van der Waals surface area (Å²) in [6.45, 7) is 4.80. The highest BCUT2D eigenvalue weighted by molar-refractivity contribution is 7.22. The van der Waals surface area contributed by atoms with Gasteiger partial charge in [0.05, 0.1) is 16.8 Å². The number of likely N-dealkylation sites (tertiary alicyclic amines) is 1. The predicted molar refractivity (Wildman–Crippen MR) is 83.1 cm³/mol. The van der Waals surface area contributed by atoms with E-state index in [0.717, 1.165) is 29.2 Å². The number of hydrogen-bond donors (Lipinski definition) is 1. The highest BCUT2D eigenvalue weighted by Gasteiger charge is 2.18.